The minimum Gasteiger partial charge on any atom is -0.379 e. The highest BCUT2D eigenvalue weighted by Gasteiger charge is 2.33. The Balaban J connectivity index is 1.60. The maximum Gasteiger partial charge on any atom is 0.224 e. The van der Waals surface area contributed by atoms with Gasteiger partial charge in [0, 0.05) is 24.9 Å². The number of hydrogen-bond acceptors (Lipinski definition) is 4. The molecule has 5 heteroatoms. The van der Waals surface area contributed by atoms with Crippen LogP contribution in [-0.2, 0) is 19.1 Å². The van der Waals surface area contributed by atoms with E-state index >= 15 is 0 Å². The van der Waals surface area contributed by atoms with Crippen LogP contribution in [0.2, 0.25) is 0 Å². The van der Waals surface area contributed by atoms with Crippen molar-refractivity contribution in [1.82, 2.24) is 4.90 Å². The lowest BCUT2D eigenvalue weighted by molar-refractivity contribution is -0.134. The van der Waals surface area contributed by atoms with Crippen molar-refractivity contribution in [3.63, 3.8) is 0 Å². The van der Waals surface area contributed by atoms with Crippen molar-refractivity contribution in [2.24, 2.45) is 23.7 Å². The van der Waals surface area contributed by atoms with Crippen LogP contribution in [-0.4, -0.2) is 55.6 Å². The molecule has 0 unspecified atom stereocenters. The molecule has 28 heavy (non-hydrogen) atoms. The molecular weight excluding hydrogens is 354 g/mol. The predicted octanol–water partition coefficient (Wildman–Crippen LogP) is 4.09. The lowest BCUT2D eigenvalue weighted by Gasteiger charge is -2.39. The van der Waals surface area contributed by atoms with E-state index in [9.17, 15) is 9.59 Å². The maximum absolute atomic E-state index is 12.4. The van der Waals surface area contributed by atoms with Crippen molar-refractivity contribution in [2.45, 2.75) is 78.7 Å². The van der Waals surface area contributed by atoms with Gasteiger partial charge in [-0.1, -0.05) is 13.8 Å². The highest BCUT2D eigenvalue weighted by Crippen LogP contribution is 2.38. The average molecular weight is 396 g/mol. The Morgan fingerprint density at radius 2 is 1.46 bits per heavy atom. The molecule has 2 rings (SSSR count). The monoisotopic (exact) mass is 395 g/mol. The summed E-state index contributed by atoms with van der Waals surface area (Å²) in [4.78, 5) is 26.6. The maximum atomic E-state index is 12.4. The van der Waals surface area contributed by atoms with Crippen molar-refractivity contribution in [3.05, 3.63) is 0 Å². The molecule has 1 saturated carbocycles. The van der Waals surface area contributed by atoms with E-state index in [2.05, 4.69) is 0 Å². The number of ether oxygens (including phenoxy) is 2. The van der Waals surface area contributed by atoms with E-state index in [1.807, 2.05) is 32.6 Å². The number of ketones is 1. The Bertz CT molecular complexity index is 475. The minimum absolute atomic E-state index is 0.169. The van der Waals surface area contributed by atoms with Crippen molar-refractivity contribution in [2.75, 3.05) is 32.9 Å². The zero-order chi connectivity index (χ0) is 20.5. The van der Waals surface area contributed by atoms with Gasteiger partial charge in [0.25, 0.3) is 0 Å². The lowest BCUT2D eigenvalue weighted by Crippen LogP contribution is -2.41. The molecule has 1 saturated heterocycles. The van der Waals surface area contributed by atoms with Crippen LogP contribution in [0.15, 0.2) is 0 Å². The van der Waals surface area contributed by atoms with Crippen molar-refractivity contribution < 1.29 is 19.1 Å². The fourth-order valence-corrected chi connectivity index (χ4v) is 4.73. The Morgan fingerprint density at radius 3 is 2.04 bits per heavy atom. The third kappa shape index (κ3) is 7.47. The summed E-state index contributed by atoms with van der Waals surface area (Å²) >= 11 is 0. The Hall–Kier alpha value is -0.940. The highest BCUT2D eigenvalue weighted by atomic mass is 16.5. The molecule has 5 nitrogen and oxygen atoms in total. The molecule has 0 atom stereocenters. The van der Waals surface area contributed by atoms with Crippen LogP contribution in [0.4, 0.5) is 0 Å². The molecule has 162 valence electrons. The van der Waals surface area contributed by atoms with Crippen molar-refractivity contribution in [1.29, 1.82) is 0 Å². The fourth-order valence-electron chi connectivity index (χ4n) is 4.73. The van der Waals surface area contributed by atoms with Crippen LogP contribution < -0.4 is 0 Å². The molecule has 0 spiro atoms. The van der Waals surface area contributed by atoms with Gasteiger partial charge in [-0.05, 0) is 64.2 Å². The van der Waals surface area contributed by atoms with Gasteiger partial charge in [-0.15, -0.1) is 0 Å². The zero-order valence-electron chi connectivity index (χ0n) is 18.5. The van der Waals surface area contributed by atoms with Gasteiger partial charge >= 0.3 is 0 Å². The number of Topliss-reactive ketones (excluding diaryl/α,β-unsaturated/α-hetero) is 1. The molecule has 0 aromatic heterocycles. The van der Waals surface area contributed by atoms with Crippen LogP contribution in [0.5, 0.6) is 0 Å². The topological polar surface area (TPSA) is 55.8 Å². The first-order valence-corrected chi connectivity index (χ1v) is 11.4. The van der Waals surface area contributed by atoms with E-state index in [1.165, 1.54) is 12.8 Å². The number of nitrogens with zero attached hydrogens (tertiary/aromatic N) is 1. The Labute approximate surface area is 171 Å². The minimum atomic E-state index is 0.169. The van der Waals surface area contributed by atoms with Crippen LogP contribution in [0, 0.1) is 23.7 Å². The number of piperidine rings is 1. The van der Waals surface area contributed by atoms with Gasteiger partial charge in [0.1, 0.15) is 5.78 Å². The molecule has 1 heterocycles. The van der Waals surface area contributed by atoms with Gasteiger partial charge in [0.2, 0.25) is 5.91 Å². The van der Waals surface area contributed by atoms with Crippen molar-refractivity contribution >= 4 is 11.7 Å². The number of carbonyl (C=O) groups excluding carboxylic acids is 2. The smallest absolute Gasteiger partial charge is 0.224 e. The van der Waals surface area contributed by atoms with Gasteiger partial charge in [-0.2, -0.15) is 0 Å². The van der Waals surface area contributed by atoms with E-state index < -0.39 is 0 Å². The molecule has 0 radical (unpaired) electrons. The van der Waals surface area contributed by atoms with E-state index in [0.717, 1.165) is 50.6 Å². The van der Waals surface area contributed by atoms with E-state index in [1.54, 1.807) is 0 Å². The van der Waals surface area contributed by atoms with Crippen LogP contribution >= 0.6 is 0 Å². The second-order valence-corrected chi connectivity index (χ2v) is 9.17. The molecule has 2 aliphatic rings. The van der Waals surface area contributed by atoms with Gasteiger partial charge in [-0.25, -0.2) is 0 Å². The van der Waals surface area contributed by atoms with Gasteiger partial charge in [0.15, 0.2) is 0 Å². The van der Waals surface area contributed by atoms with Gasteiger partial charge < -0.3 is 14.4 Å². The molecular formula is C23H41NO4. The van der Waals surface area contributed by atoms with Crippen LogP contribution in [0.25, 0.3) is 0 Å². The normalized spacial score (nSPS) is 24.1. The van der Waals surface area contributed by atoms with Gasteiger partial charge in [-0.3, -0.25) is 9.59 Å². The SMILES string of the molecule is CC(C)OCCOCCC(=O)N1CCC([C@H]2CC[C@@H](C(=O)C(C)C)CC2)CC1. The number of amides is 1. The molecule has 1 aliphatic carbocycles. The first-order chi connectivity index (χ1) is 13.4. The van der Waals surface area contributed by atoms with E-state index in [0.29, 0.717) is 37.9 Å². The first-order valence-electron chi connectivity index (χ1n) is 11.4. The summed E-state index contributed by atoms with van der Waals surface area (Å²) < 4.78 is 10.9. The average Bonchev–Trinajstić information content (AvgIpc) is 2.69. The largest absolute Gasteiger partial charge is 0.379 e. The summed E-state index contributed by atoms with van der Waals surface area (Å²) in [5.41, 5.74) is 0. The molecule has 1 amide bonds. The molecule has 0 bridgehead atoms. The van der Waals surface area contributed by atoms with E-state index in [-0.39, 0.29) is 17.9 Å². The predicted molar refractivity (Wildman–Crippen MR) is 111 cm³/mol. The summed E-state index contributed by atoms with van der Waals surface area (Å²) in [6.45, 7) is 11.4. The van der Waals surface area contributed by atoms with E-state index in [4.69, 9.17) is 9.47 Å². The quantitative estimate of drug-likeness (QED) is 0.523. The fraction of sp³-hybridized carbons (Fsp3) is 0.913. The molecule has 1 aliphatic heterocycles. The third-order valence-corrected chi connectivity index (χ3v) is 6.44. The molecule has 2 fully saturated rings. The summed E-state index contributed by atoms with van der Waals surface area (Å²) in [7, 11) is 0. The summed E-state index contributed by atoms with van der Waals surface area (Å²) in [5, 5.41) is 0. The molecule has 0 aromatic rings. The van der Waals surface area contributed by atoms with Gasteiger partial charge in [0.05, 0.1) is 32.3 Å². The summed E-state index contributed by atoms with van der Waals surface area (Å²) in [6, 6.07) is 0. The second kappa shape index (κ2) is 11.9. The van der Waals surface area contributed by atoms with Crippen LogP contribution in [0.3, 0.4) is 0 Å². The van der Waals surface area contributed by atoms with Crippen molar-refractivity contribution in [3.8, 4) is 0 Å². The number of hydrogen-bond donors (Lipinski definition) is 0. The zero-order valence-corrected chi connectivity index (χ0v) is 18.5. The molecule has 0 N–H and O–H groups in total. The summed E-state index contributed by atoms with van der Waals surface area (Å²) in [5.74, 6) is 2.61. The standard InChI is InChI=1S/C23H41NO4/c1-17(2)23(26)21-7-5-19(6-8-21)20-9-12-24(13-10-20)22(25)11-14-27-15-16-28-18(3)4/h17-21H,5-16H2,1-4H3/t19-,21+. The third-order valence-electron chi connectivity index (χ3n) is 6.44. The van der Waals surface area contributed by atoms with Crippen LogP contribution in [0.1, 0.15) is 72.6 Å². The highest BCUT2D eigenvalue weighted by molar-refractivity contribution is 5.82. The number of rotatable bonds is 10. The first kappa shape index (κ1) is 23.3. The Kier molecular flexibility index (Phi) is 9.93. The lowest BCUT2D eigenvalue weighted by atomic mass is 9.71. The summed E-state index contributed by atoms with van der Waals surface area (Å²) in [6.07, 6.45) is 7.43. The number of carbonyl (C=O) groups is 2. The molecule has 0 aromatic carbocycles. The second-order valence-electron chi connectivity index (χ2n) is 9.17. The number of likely N-dealkylation sites (tertiary alicyclic amines) is 1. The Morgan fingerprint density at radius 1 is 0.857 bits per heavy atom.